The van der Waals surface area contributed by atoms with E-state index in [1.807, 2.05) is 56.7 Å². The zero-order chi connectivity index (χ0) is 17.0. The molecule has 0 radical (unpaired) electrons. The summed E-state index contributed by atoms with van der Waals surface area (Å²) in [6.07, 6.45) is 0.194. The first-order chi connectivity index (χ1) is 10.8. The van der Waals surface area contributed by atoms with Crippen LogP contribution in [0.1, 0.15) is 27.2 Å². The Morgan fingerprint density at radius 3 is 2.61 bits per heavy atom. The normalized spacial score (nSPS) is 12.4. The van der Waals surface area contributed by atoms with Gasteiger partial charge in [-0.2, -0.15) is 0 Å². The fourth-order valence-corrected chi connectivity index (χ4v) is 2.89. The Morgan fingerprint density at radius 2 is 1.96 bits per heavy atom. The fourth-order valence-electron chi connectivity index (χ4n) is 1.91. The number of hydrogen-bond acceptors (Lipinski definition) is 4. The van der Waals surface area contributed by atoms with Crippen LogP contribution in [0.25, 0.3) is 10.2 Å². The van der Waals surface area contributed by atoms with E-state index in [2.05, 4.69) is 15.8 Å². The molecule has 0 spiro atoms. The summed E-state index contributed by atoms with van der Waals surface area (Å²) in [6, 6.07) is 7.96. The molecule has 0 aliphatic carbocycles. The van der Waals surface area contributed by atoms with Crippen LogP contribution < -0.4 is 15.5 Å². The molecule has 1 aromatic heterocycles. The summed E-state index contributed by atoms with van der Waals surface area (Å²) in [4.78, 5) is 24.2. The van der Waals surface area contributed by atoms with E-state index in [1.54, 1.807) is 0 Å². The summed E-state index contributed by atoms with van der Waals surface area (Å²) in [5, 5.41) is 6.90. The average molecular weight is 334 g/mol. The summed E-state index contributed by atoms with van der Waals surface area (Å²) in [5.41, 5.74) is 3.16. The van der Waals surface area contributed by atoms with Gasteiger partial charge in [0, 0.05) is 25.4 Å². The van der Waals surface area contributed by atoms with Gasteiger partial charge in [-0.25, -0.2) is 5.43 Å². The van der Waals surface area contributed by atoms with Gasteiger partial charge in [0.15, 0.2) is 0 Å². The van der Waals surface area contributed by atoms with Crippen LogP contribution in [-0.4, -0.2) is 22.9 Å². The molecule has 7 heteroatoms. The maximum Gasteiger partial charge on any atom is 0.241 e. The van der Waals surface area contributed by atoms with Crippen LogP contribution in [0.4, 0.5) is 0 Å². The van der Waals surface area contributed by atoms with E-state index in [-0.39, 0.29) is 18.2 Å². The number of nitrogens with zero attached hydrogens (tertiary/aromatic N) is 2. The van der Waals surface area contributed by atoms with Crippen molar-refractivity contribution in [2.24, 2.45) is 17.6 Å². The molecule has 0 saturated carbocycles. The molecule has 124 valence electrons. The first-order valence-corrected chi connectivity index (χ1v) is 8.26. The SMILES string of the molecule is Cn1/c(=N/NC(=O)CCNC(=O)C(C)(C)C)sc2ccccc21. The van der Waals surface area contributed by atoms with Gasteiger partial charge in [-0.1, -0.05) is 44.2 Å². The third kappa shape index (κ3) is 4.41. The number of carbonyl (C=O) groups excluding carboxylic acids is 2. The van der Waals surface area contributed by atoms with Crippen LogP contribution in [-0.2, 0) is 16.6 Å². The highest BCUT2D eigenvalue weighted by atomic mass is 32.1. The summed E-state index contributed by atoms with van der Waals surface area (Å²) < 4.78 is 3.04. The molecule has 0 fully saturated rings. The van der Waals surface area contributed by atoms with Gasteiger partial charge in [-0.3, -0.25) is 9.59 Å². The molecule has 0 atom stereocenters. The highest BCUT2D eigenvalue weighted by molar-refractivity contribution is 7.16. The Kier molecular flexibility index (Phi) is 5.20. The van der Waals surface area contributed by atoms with E-state index in [0.717, 1.165) is 15.0 Å². The molecule has 1 aromatic carbocycles. The molecule has 6 nitrogen and oxygen atoms in total. The number of aromatic nitrogens is 1. The third-order valence-electron chi connectivity index (χ3n) is 3.31. The van der Waals surface area contributed by atoms with Crippen molar-refractivity contribution in [1.29, 1.82) is 0 Å². The molecule has 0 saturated heterocycles. The molecule has 2 N–H and O–H groups in total. The van der Waals surface area contributed by atoms with Crippen molar-refractivity contribution >= 4 is 33.4 Å². The number of nitrogens with one attached hydrogen (secondary N) is 2. The van der Waals surface area contributed by atoms with Crippen molar-refractivity contribution in [1.82, 2.24) is 15.3 Å². The smallest absolute Gasteiger partial charge is 0.241 e. The van der Waals surface area contributed by atoms with Gasteiger partial charge in [0.25, 0.3) is 0 Å². The lowest BCUT2D eigenvalue weighted by Gasteiger charge is -2.17. The topological polar surface area (TPSA) is 75.5 Å². The van der Waals surface area contributed by atoms with Crippen molar-refractivity contribution in [3.05, 3.63) is 29.1 Å². The lowest BCUT2D eigenvalue weighted by atomic mass is 9.96. The number of carbonyl (C=O) groups is 2. The summed E-state index contributed by atoms with van der Waals surface area (Å²) in [6.45, 7) is 5.80. The van der Waals surface area contributed by atoms with Gasteiger partial charge < -0.3 is 9.88 Å². The highest BCUT2D eigenvalue weighted by Crippen LogP contribution is 2.15. The quantitative estimate of drug-likeness (QED) is 0.836. The molecular weight excluding hydrogens is 312 g/mol. The number of amides is 2. The van der Waals surface area contributed by atoms with Crippen LogP contribution >= 0.6 is 11.3 Å². The first kappa shape index (κ1) is 17.2. The van der Waals surface area contributed by atoms with E-state index in [9.17, 15) is 9.59 Å². The van der Waals surface area contributed by atoms with Gasteiger partial charge in [-0.05, 0) is 12.1 Å². The predicted molar refractivity (Wildman–Crippen MR) is 91.6 cm³/mol. The standard InChI is InChI=1S/C16H22N4O2S/c1-16(2,3)14(22)17-10-9-13(21)18-19-15-20(4)11-7-5-6-8-12(11)23-15/h5-8H,9-10H2,1-4H3,(H,17,22)(H,18,21)/b19-15-. The van der Waals surface area contributed by atoms with Gasteiger partial charge in [0.1, 0.15) is 0 Å². The second-order valence-corrected chi connectivity index (χ2v) is 7.32. The van der Waals surface area contributed by atoms with Gasteiger partial charge in [0.2, 0.25) is 16.6 Å². The number of thiazole rings is 1. The third-order valence-corrected chi connectivity index (χ3v) is 4.42. The first-order valence-electron chi connectivity index (χ1n) is 7.44. The Hall–Kier alpha value is -2.15. The molecule has 2 aromatic rings. The summed E-state index contributed by atoms with van der Waals surface area (Å²) in [5.74, 6) is -0.296. The Labute approximate surface area is 139 Å². The van der Waals surface area contributed by atoms with E-state index in [0.29, 0.717) is 6.54 Å². The monoisotopic (exact) mass is 334 g/mol. The van der Waals surface area contributed by atoms with Crippen molar-refractivity contribution in [2.75, 3.05) is 6.54 Å². The van der Waals surface area contributed by atoms with Crippen molar-refractivity contribution in [2.45, 2.75) is 27.2 Å². The minimum atomic E-state index is -0.453. The Bertz CT molecular complexity index is 783. The number of para-hydroxylation sites is 1. The Morgan fingerprint density at radius 1 is 1.26 bits per heavy atom. The van der Waals surface area contributed by atoms with Crippen LogP contribution in [0.2, 0.25) is 0 Å². The number of rotatable bonds is 4. The van der Waals surface area contributed by atoms with Crippen molar-refractivity contribution in [3.8, 4) is 0 Å². The predicted octanol–water partition coefficient (Wildman–Crippen LogP) is 1.72. The van der Waals surface area contributed by atoms with Crippen molar-refractivity contribution in [3.63, 3.8) is 0 Å². The minimum absolute atomic E-state index is 0.0712. The lowest BCUT2D eigenvalue weighted by Crippen LogP contribution is -2.37. The molecule has 2 amide bonds. The summed E-state index contributed by atoms with van der Waals surface area (Å²) >= 11 is 1.51. The molecule has 23 heavy (non-hydrogen) atoms. The van der Waals surface area contributed by atoms with E-state index in [4.69, 9.17) is 0 Å². The molecule has 1 heterocycles. The second-order valence-electron chi connectivity index (χ2n) is 6.31. The average Bonchev–Trinajstić information content (AvgIpc) is 2.81. The second kappa shape index (κ2) is 6.95. The molecule has 0 unspecified atom stereocenters. The minimum Gasteiger partial charge on any atom is -0.355 e. The van der Waals surface area contributed by atoms with E-state index in [1.165, 1.54) is 11.3 Å². The molecular formula is C16H22N4O2S. The number of hydrogen-bond donors (Lipinski definition) is 2. The maximum absolute atomic E-state index is 11.8. The van der Waals surface area contributed by atoms with Crippen LogP contribution in [0.5, 0.6) is 0 Å². The zero-order valence-electron chi connectivity index (χ0n) is 13.8. The molecule has 0 aliphatic heterocycles. The van der Waals surface area contributed by atoms with Crippen LogP contribution in [0, 0.1) is 5.41 Å². The van der Waals surface area contributed by atoms with Crippen molar-refractivity contribution < 1.29 is 9.59 Å². The number of benzene rings is 1. The number of aryl methyl sites for hydroxylation is 1. The highest BCUT2D eigenvalue weighted by Gasteiger charge is 2.20. The van der Waals surface area contributed by atoms with Gasteiger partial charge in [0.05, 0.1) is 10.2 Å². The van der Waals surface area contributed by atoms with Gasteiger partial charge >= 0.3 is 0 Å². The molecule has 0 bridgehead atoms. The molecule has 2 rings (SSSR count). The number of fused-ring (bicyclic) bond motifs is 1. The lowest BCUT2D eigenvalue weighted by molar-refractivity contribution is -0.128. The van der Waals surface area contributed by atoms with Crippen LogP contribution in [0.3, 0.4) is 0 Å². The van der Waals surface area contributed by atoms with Crippen LogP contribution in [0.15, 0.2) is 29.4 Å². The Balaban J connectivity index is 1.93. The maximum atomic E-state index is 11.8. The van der Waals surface area contributed by atoms with E-state index < -0.39 is 5.41 Å². The van der Waals surface area contributed by atoms with Gasteiger partial charge in [-0.15, -0.1) is 5.10 Å². The molecule has 0 aliphatic rings. The van der Waals surface area contributed by atoms with E-state index >= 15 is 0 Å². The largest absolute Gasteiger partial charge is 0.355 e. The zero-order valence-corrected chi connectivity index (χ0v) is 14.7. The summed E-state index contributed by atoms with van der Waals surface area (Å²) in [7, 11) is 1.91. The fraction of sp³-hybridized carbons (Fsp3) is 0.438.